The van der Waals surface area contributed by atoms with Crippen molar-refractivity contribution in [2.75, 3.05) is 26.2 Å². The van der Waals surface area contributed by atoms with Crippen LogP contribution in [0.5, 0.6) is 0 Å². The van der Waals surface area contributed by atoms with Crippen LogP contribution < -0.4 is 5.73 Å². The predicted octanol–water partition coefficient (Wildman–Crippen LogP) is 3.41. The lowest BCUT2D eigenvalue weighted by molar-refractivity contribution is 0.117. The van der Waals surface area contributed by atoms with Gasteiger partial charge in [-0.3, -0.25) is 0 Å². The normalized spacial score (nSPS) is 29.3. The summed E-state index contributed by atoms with van der Waals surface area (Å²) in [6.45, 7) is 7.23. The first-order valence-corrected chi connectivity index (χ1v) is 8.20. The largest absolute Gasteiger partial charge is 0.330 e. The van der Waals surface area contributed by atoms with E-state index in [0.29, 0.717) is 5.41 Å². The lowest BCUT2D eigenvalue weighted by Gasteiger charge is -2.39. The van der Waals surface area contributed by atoms with E-state index in [1.807, 2.05) is 0 Å². The Hall–Kier alpha value is -0.0800. The van der Waals surface area contributed by atoms with Gasteiger partial charge < -0.3 is 10.6 Å². The minimum absolute atomic E-state index is 0.497. The van der Waals surface area contributed by atoms with Gasteiger partial charge >= 0.3 is 0 Å². The summed E-state index contributed by atoms with van der Waals surface area (Å²) in [6, 6.07) is 0. The van der Waals surface area contributed by atoms with Crippen molar-refractivity contribution in [2.24, 2.45) is 17.1 Å². The first-order valence-electron chi connectivity index (χ1n) is 8.20. The monoisotopic (exact) mass is 252 g/mol. The van der Waals surface area contributed by atoms with Gasteiger partial charge in [0.2, 0.25) is 0 Å². The average Bonchev–Trinajstić information content (AvgIpc) is 2.46. The van der Waals surface area contributed by atoms with Gasteiger partial charge in [0.1, 0.15) is 0 Å². The second kappa shape index (κ2) is 6.91. The number of likely N-dealkylation sites (tertiary alicyclic amines) is 1. The highest BCUT2D eigenvalue weighted by Gasteiger charge is 2.31. The fourth-order valence-electron chi connectivity index (χ4n) is 3.94. The van der Waals surface area contributed by atoms with E-state index in [2.05, 4.69) is 11.8 Å². The molecule has 0 aromatic rings. The van der Waals surface area contributed by atoms with Crippen LogP contribution in [0, 0.1) is 11.3 Å². The molecule has 1 unspecified atom stereocenters. The Morgan fingerprint density at radius 3 is 2.61 bits per heavy atom. The lowest BCUT2D eigenvalue weighted by Crippen LogP contribution is -2.40. The zero-order valence-electron chi connectivity index (χ0n) is 12.3. The van der Waals surface area contributed by atoms with Crippen LogP contribution in [-0.4, -0.2) is 31.1 Å². The van der Waals surface area contributed by atoms with E-state index < -0.39 is 0 Å². The molecule has 106 valence electrons. The number of nitrogens with zero attached hydrogens (tertiary/aromatic N) is 1. The number of piperidine rings is 1. The Kier molecular flexibility index (Phi) is 5.50. The molecule has 1 aliphatic heterocycles. The van der Waals surface area contributed by atoms with E-state index in [9.17, 15) is 0 Å². The Bertz CT molecular complexity index is 233. The molecule has 1 saturated heterocycles. The molecule has 0 aromatic heterocycles. The average molecular weight is 252 g/mol. The highest BCUT2D eigenvalue weighted by atomic mass is 15.1. The van der Waals surface area contributed by atoms with Gasteiger partial charge in [-0.1, -0.05) is 32.6 Å². The van der Waals surface area contributed by atoms with Gasteiger partial charge in [0.15, 0.2) is 0 Å². The quantitative estimate of drug-likeness (QED) is 0.812. The SMILES string of the molecule is CCC1CCCN(CCC2(CN)CCCCC2)C1. The maximum Gasteiger partial charge on any atom is 0.000957 e. The summed E-state index contributed by atoms with van der Waals surface area (Å²) in [6.07, 6.45) is 12.6. The molecule has 1 saturated carbocycles. The van der Waals surface area contributed by atoms with E-state index >= 15 is 0 Å². The number of hydrogen-bond donors (Lipinski definition) is 1. The molecule has 0 radical (unpaired) electrons. The van der Waals surface area contributed by atoms with Crippen LogP contribution in [0.15, 0.2) is 0 Å². The third-order valence-electron chi connectivity index (χ3n) is 5.49. The van der Waals surface area contributed by atoms with Gasteiger partial charge in [-0.2, -0.15) is 0 Å². The molecule has 18 heavy (non-hydrogen) atoms. The fraction of sp³-hybridized carbons (Fsp3) is 1.00. The smallest absolute Gasteiger partial charge is 0.000957 e. The van der Waals surface area contributed by atoms with Crippen LogP contribution >= 0.6 is 0 Å². The molecule has 1 heterocycles. The highest BCUT2D eigenvalue weighted by molar-refractivity contribution is 4.85. The molecule has 2 rings (SSSR count). The maximum atomic E-state index is 6.09. The third-order valence-corrected chi connectivity index (χ3v) is 5.49. The van der Waals surface area contributed by atoms with Gasteiger partial charge in [-0.15, -0.1) is 0 Å². The predicted molar refractivity (Wildman–Crippen MR) is 78.6 cm³/mol. The second-order valence-electron chi connectivity index (χ2n) is 6.73. The zero-order chi connectivity index (χ0) is 12.8. The topological polar surface area (TPSA) is 29.3 Å². The number of hydrogen-bond acceptors (Lipinski definition) is 2. The summed E-state index contributed by atoms with van der Waals surface area (Å²) in [5.74, 6) is 0.957. The van der Waals surface area contributed by atoms with Crippen molar-refractivity contribution >= 4 is 0 Å². The van der Waals surface area contributed by atoms with E-state index in [1.54, 1.807) is 0 Å². The molecule has 1 aliphatic carbocycles. The van der Waals surface area contributed by atoms with Crippen molar-refractivity contribution in [3.8, 4) is 0 Å². The van der Waals surface area contributed by atoms with E-state index in [4.69, 9.17) is 5.73 Å². The van der Waals surface area contributed by atoms with Crippen LogP contribution in [0.25, 0.3) is 0 Å². The maximum absolute atomic E-state index is 6.09. The van der Waals surface area contributed by atoms with E-state index in [-0.39, 0.29) is 0 Å². The van der Waals surface area contributed by atoms with Crippen LogP contribution in [-0.2, 0) is 0 Å². The second-order valence-corrected chi connectivity index (χ2v) is 6.73. The fourth-order valence-corrected chi connectivity index (χ4v) is 3.94. The molecule has 0 bridgehead atoms. The standard InChI is InChI=1S/C16H32N2/c1-2-15-7-6-11-18(13-15)12-10-16(14-17)8-4-3-5-9-16/h15H,2-14,17H2,1H3. The highest BCUT2D eigenvalue weighted by Crippen LogP contribution is 2.38. The first kappa shape index (κ1) is 14.3. The first-order chi connectivity index (χ1) is 8.78. The van der Waals surface area contributed by atoms with Crippen molar-refractivity contribution in [1.82, 2.24) is 4.90 Å². The summed E-state index contributed by atoms with van der Waals surface area (Å²) >= 11 is 0. The minimum atomic E-state index is 0.497. The summed E-state index contributed by atoms with van der Waals surface area (Å²) < 4.78 is 0. The van der Waals surface area contributed by atoms with Gasteiger partial charge in [-0.05, 0) is 63.1 Å². The molecule has 2 aliphatic rings. The Labute approximate surface area is 113 Å². The molecule has 0 amide bonds. The van der Waals surface area contributed by atoms with Gasteiger partial charge in [0.05, 0.1) is 0 Å². The van der Waals surface area contributed by atoms with Crippen molar-refractivity contribution in [3.05, 3.63) is 0 Å². The molecular weight excluding hydrogens is 220 g/mol. The summed E-state index contributed by atoms with van der Waals surface area (Å²) in [4.78, 5) is 2.71. The van der Waals surface area contributed by atoms with Crippen molar-refractivity contribution < 1.29 is 0 Å². The molecule has 2 fully saturated rings. The minimum Gasteiger partial charge on any atom is -0.330 e. The molecular formula is C16H32N2. The van der Waals surface area contributed by atoms with Gasteiger partial charge in [-0.25, -0.2) is 0 Å². The van der Waals surface area contributed by atoms with Crippen LogP contribution in [0.2, 0.25) is 0 Å². The summed E-state index contributed by atoms with van der Waals surface area (Å²) in [5, 5.41) is 0. The van der Waals surface area contributed by atoms with E-state index in [1.165, 1.54) is 77.4 Å². The lowest BCUT2D eigenvalue weighted by atomic mass is 9.71. The molecule has 1 atom stereocenters. The Morgan fingerprint density at radius 2 is 1.94 bits per heavy atom. The molecule has 0 aromatic carbocycles. The molecule has 2 nitrogen and oxygen atoms in total. The summed E-state index contributed by atoms with van der Waals surface area (Å²) in [7, 11) is 0. The Morgan fingerprint density at radius 1 is 1.17 bits per heavy atom. The number of nitrogens with two attached hydrogens (primary N) is 1. The van der Waals surface area contributed by atoms with Gasteiger partial charge in [0.25, 0.3) is 0 Å². The molecule has 2 N–H and O–H groups in total. The molecule has 2 heteroatoms. The zero-order valence-corrected chi connectivity index (χ0v) is 12.3. The van der Waals surface area contributed by atoms with Crippen LogP contribution in [0.1, 0.15) is 64.7 Å². The van der Waals surface area contributed by atoms with Crippen molar-refractivity contribution in [1.29, 1.82) is 0 Å². The number of rotatable bonds is 5. The van der Waals surface area contributed by atoms with Crippen LogP contribution in [0.3, 0.4) is 0 Å². The Balaban J connectivity index is 1.78. The summed E-state index contributed by atoms with van der Waals surface area (Å²) in [5.41, 5.74) is 6.59. The van der Waals surface area contributed by atoms with E-state index in [0.717, 1.165) is 12.5 Å². The third kappa shape index (κ3) is 3.71. The van der Waals surface area contributed by atoms with Crippen molar-refractivity contribution in [2.45, 2.75) is 64.7 Å². The van der Waals surface area contributed by atoms with Crippen LogP contribution in [0.4, 0.5) is 0 Å². The van der Waals surface area contributed by atoms with Crippen molar-refractivity contribution in [3.63, 3.8) is 0 Å². The molecule has 0 spiro atoms. The van der Waals surface area contributed by atoms with Gasteiger partial charge in [0, 0.05) is 6.54 Å².